The third kappa shape index (κ3) is 5.22. The number of hydrogen-bond acceptors (Lipinski definition) is 5. The number of pyridine rings is 1. The van der Waals surface area contributed by atoms with E-state index in [0.717, 1.165) is 18.9 Å². The third-order valence-corrected chi connectivity index (χ3v) is 5.43. The number of aromatic nitrogens is 3. The maximum atomic E-state index is 13.3. The molecule has 0 atom stereocenters. The van der Waals surface area contributed by atoms with Gasteiger partial charge in [-0.25, -0.2) is 9.97 Å². The number of nitrogens with zero attached hydrogens (tertiary/aromatic N) is 4. The summed E-state index contributed by atoms with van der Waals surface area (Å²) < 4.78 is 40.0. The van der Waals surface area contributed by atoms with Gasteiger partial charge in [-0.3, -0.25) is 9.78 Å². The molecular formula is C23H22F3N5O. The number of nitrogens with one attached hydrogen (secondary N) is 1. The van der Waals surface area contributed by atoms with E-state index in [9.17, 15) is 18.0 Å². The second-order valence-electron chi connectivity index (χ2n) is 7.68. The summed E-state index contributed by atoms with van der Waals surface area (Å²) in [7, 11) is 0. The number of piperidine rings is 1. The minimum atomic E-state index is -4.58. The molecule has 1 aromatic carbocycles. The molecule has 3 heterocycles. The Morgan fingerprint density at radius 2 is 1.81 bits per heavy atom. The number of halogens is 3. The van der Waals surface area contributed by atoms with Crippen LogP contribution in [0.1, 0.15) is 28.9 Å². The van der Waals surface area contributed by atoms with Crippen LogP contribution in [0.25, 0.3) is 11.4 Å². The zero-order chi connectivity index (χ0) is 22.6. The smallest absolute Gasteiger partial charge is 0.370 e. The molecule has 1 aliphatic rings. The van der Waals surface area contributed by atoms with Crippen molar-refractivity contribution in [1.82, 2.24) is 19.9 Å². The maximum Gasteiger partial charge on any atom is 0.433 e. The lowest BCUT2D eigenvalue weighted by Crippen LogP contribution is -2.39. The Morgan fingerprint density at radius 3 is 2.47 bits per heavy atom. The van der Waals surface area contributed by atoms with Gasteiger partial charge in [-0.2, -0.15) is 13.2 Å². The lowest BCUT2D eigenvalue weighted by molar-refractivity contribution is -0.141. The standard InChI is InChI=1S/C23H22F3N5O/c24-23(25,26)19-13-20(30-21(29-19)18-7-4-10-27-15-18)28-14-16-8-11-31(12-9-16)22(32)17-5-2-1-3-6-17/h1-7,10,13,15-16H,8-9,11-12,14H2,(H,28,29,30). The van der Waals surface area contributed by atoms with E-state index in [1.165, 1.54) is 12.4 Å². The van der Waals surface area contributed by atoms with Crippen LogP contribution in [0, 0.1) is 5.92 Å². The van der Waals surface area contributed by atoms with Crippen molar-refractivity contribution in [3.8, 4) is 11.4 Å². The van der Waals surface area contributed by atoms with Crippen molar-refractivity contribution in [2.45, 2.75) is 19.0 Å². The summed E-state index contributed by atoms with van der Waals surface area (Å²) in [5.41, 5.74) is 0.0687. The van der Waals surface area contributed by atoms with E-state index in [2.05, 4.69) is 20.3 Å². The fourth-order valence-electron chi connectivity index (χ4n) is 3.66. The summed E-state index contributed by atoms with van der Waals surface area (Å²) in [6, 6.07) is 13.3. The molecule has 166 valence electrons. The first kappa shape index (κ1) is 21.7. The number of benzene rings is 1. The van der Waals surface area contributed by atoms with Crippen molar-refractivity contribution in [3.05, 3.63) is 72.2 Å². The van der Waals surface area contributed by atoms with Crippen LogP contribution in [0.2, 0.25) is 0 Å². The molecule has 1 aliphatic heterocycles. The Bertz CT molecular complexity index is 1050. The lowest BCUT2D eigenvalue weighted by Gasteiger charge is -2.32. The number of carbonyl (C=O) groups excluding carboxylic acids is 1. The van der Waals surface area contributed by atoms with E-state index in [4.69, 9.17) is 0 Å². The summed E-state index contributed by atoms with van der Waals surface area (Å²) in [6.07, 6.45) is -0.0973. The van der Waals surface area contributed by atoms with E-state index in [1.807, 2.05) is 23.1 Å². The van der Waals surface area contributed by atoms with Gasteiger partial charge in [0.1, 0.15) is 5.82 Å². The Kier molecular flexibility index (Phi) is 6.34. The lowest BCUT2D eigenvalue weighted by atomic mass is 9.96. The number of carbonyl (C=O) groups is 1. The largest absolute Gasteiger partial charge is 0.433 e. The molecule has 0 saturated carbocycles. The van der Waals surface area contributed by atoms with Gasteiger partial charge in [0.25, 0.3) is 5.91 Å². The molecule has 1 fully saturated rings. The van der Waals surface area contributed by atoms with Crippen molar-refractivity contribution in [3.63, 3.8) is 0 Å². The van der Waals surface area contributed by atoms with Crippen LogP contribution in [0.15, 0.2) is 60.9 Å². The first-order valence-corrected chi connectivity index (χ1v) is 10.3. The molecule has 1 saturated heterocycles. The molecule has 0 unspecified atom stereocenters. The molecule has 0 aliphatic carbocycles. The van der Waals surface area contributed by atoms with Gasteiger partial charge in [-0.05, 0) is 43.0 Å². The molecule has 6 nitrogen and oxygen atoms in total. The maximum absolute atomic E-state index is 13.3. The van der Waals surface area contributed by atoms with E-state index < -0.39 is 11.9 Å². The van der Waals surface area contributed by atoms with Crippen LogP contribution < -0.4 is 5.32 Å². The molecule has 32 heavy (non-hydrogen) atoms. The average molecular weight is 441 g/mol. The molecule has 3 aromatic rings. The fourth-order valence-corrected chi connectivity index (χ4v) is 3.66. The van der Waals surface area contributed by atoms with Gasteiger partial charge < -0.3 is 10.2 Å². The third-order valence-electron chi connectivity index (χ3n) is 5.43. The van der Waals surface area contributed by atoms with Gasteiger partial charge in [-0.15, -0.1) is 0 Å². The van der Waals surface area contributed by atoms with E-state index >= 15 is 0 Å². The molecule has 0 radical (unpaired) electrons. The Hall–Kier alpha value is -3.49. The molecule has 0 bridgehead atoms. The number of likely N-dealkylation sites (tertiary alicyclic amines) is 1. The minimum absolute atomic E-state index is 0.00346. The van der Waals surface area contributed by atoms with Gasteiger partial charge in [0.2, 0.25) is 0 Å². The van der Waals surface area contributed by atoms with Crippen molar-refractivity contribution >= 4 is 11.7 Å². The number of alkyl halides is 3. The van der Waals surface area contributed by atoms with E-state index in [1.54, 1.807) is 24.3 Å². The van der Waals surface area contributed by atoms with Crippen LogP contribution in [0.3, 0.4) is 0 Å². The van der Waals surface area contributed by atoms with Crippen LogP contribution in [0.4, 0.5) is 19.0 Å². The van der Waals surface area contributed by atoms with Gasteiger partial charge in [-0.1, -0.05) is 18.2 Å². The Balaban J connectivity index is 1.40. The van der Waals surface area contributed by atoms with Gasteiger partial charge >= 0.3 is 6.18 Å². The molecular weight excluding hydrogens is 419 g/mol. The minimum Gasteiger partial charge on any atom is -0.370 e. The molecule has 9 heteroatoms. The molecule has 2 aromatic heterocycles. The Morgan fingerprint density at radius 1 is 1.06 bits per heavy atom. The molecule has 1 amide bonds. The highest BCUT2D eigenvalue weighted by Gasteiger charge is 2.34. The number of rotatable bonds is 5. The van der Waals surface area contributed by atoms with Crippen molar-refractivity contribution in [1.29, 1.82) is 0 Å². The summed E-state index contributed by atoms with van der Waals surface area (Å²) in [5.74, 6) is 0.317. The van der Waals surface area contributed by atoms with Crippen LogP contribution in [0.5, 0.6) is 0 Å². The van der Waals surface area contributed by atoms with Crippen LogP contribution >= 0.6 is 0 Å². The highest BCUT2D eigenvalue weighted by Crippen LogP contribution is 2.31. The van der Waals surface area contributed by atoms with E-state index in [-0.39, 0.29) is 23.5 Å². The SMILES string of the molecule is O=C(c1ccccc1)N1CCC(CNc2cc(C(F)(F)F)nc(-c3cccnc3)n2)CC1. The van der Waals surface area contributed by atoms with Crippen molar-refractivity contribution in [2.75, 3.05) is 25.0 Å². The highest BCUT2D eigenvalue weighted by atomic mass is 19.4. The van der Waals surface area contributed by atoms with Crippen LogP contribution in [-0.4, -0.2) is 45.4 Å². The zero-order valence-corrected chi connectivity index (χ0v) is 17.2. The number of hydrogen-bond donors (Lipinski definition) is 1. The number of amides is 1. The van der Waals surface area contributed by atoms with Crippen molar-refractivity contribution < 1.29 is 18.0 Å². The fraction of sp³-hybridized carbons (Fsp3) is 0.304. The molecule has 4 rings (SSSR count). The summed E-state index contributed by atoms with van der Waals surface area (Å²) in [4.78, 5) is 26.2. The van der Waals surface area contributed by atoms with Crippen molar-refractivity contribution in [2.24, 2.45) is 5.92 Å². The van der Waals surface area contributed by atoms with E-state index in [0.29, 0.717) is 30.8 Å². The first-order valence-electron chi connectivity index (χ1n) is 10.3. The first-order chi connectivity index (χ1) is 15.4. The monoisotopic (exact) mass is 441 g/mol. The van der Waals surface area contributed by atoms with Gasteiger partial charge in [0, 0.05) is 49.2 Å². The van der Waals surface area contributed by atoms with Crippen LogP contribution in [-0.2, 0) is 6.18 Å². The molecule has 0 spiro atoms. The average Bonchev–Trinajstić information content (AvgIpc) is 2.83. The zero-order valence-electron chi connectivity index (χ0n) is 17.2. The van der Waals surface area contributed by atoms with Gasteiger partial charge in [0.05, 0.1) is 0 Å². The second kappa shape index (κ2) is 9.33. The Labute approximate surface area is 183 Å². The normalized spacial score (nSPS) is 14.9. The highest BCUT2D eigenvalue weighted by molar-refractivity contribution is 5.94. The van der Waals surface area contributed by atoms with Gasteiger partial charge in [0.15, 0.2) is 11.5 Å². The summed E-state index contributed by atoms with van der Waals surface area (Å²) in [5, 5.41) is 3.04. The summed E-state index contributed by atoms with van der Waals surface area (Å²) >= 11 is 0. The predicted octanol–water partition coefficient (Wildman–Crippen LogP) is 4.52. The predicted molar refractivity (Wildman–Crippen MR) is 114 cm³/mol. The second-order valence-corrected chi connectivity index (χ2v) is 7.68. The summed E-state index contributed by atoms with van der Waals surface area (Å²) in [6.45, 7) is 1.69. The quantitative estimate of drug-likeness (QED) is 0.630. The topological polar surface area (TPSA) is 71.0 Å². The molecule has 1 N–H and O–H groups in total. The number of anilines is 1.